The van der Waals surface area contributed by atoms with Gasteiger partial charge in [-0.1, -0.05) is 30.3 Å². The Kier molecular flexibility index (Phi) is 4.62. The molecule has 2 N–H and O–H groups in total. The number of aryl methyl sites for hydroxylation is 1. The van der Waals surface area contributed by atoms with Crippen LogP contribution in [-0.4, -0.2) is 58.2 Å². The van der Waals surface area contributed by atoms with E-state index in [-0.39, 0.29) is 35.7 Å². The second kappa shape index (κ2) is 7.30. The molecule has 7 nitrogen and oxygen atoms in total. The van der Waals surface area contributed by atoms with Crippen LogP contribution in [0.4, 0.5) is 0 Å². The Labute approximate surface area is 170 Å². The molecule has 0 spiro atoms. The molecule has 29 heavy (non-hydrogen) atoms. The Bertz CT molecular complexity index is 911. The first-order valence-corrected chi connectivity index (χ1v) is 10.4. The van der Waals surface area contributed by atoms with Gasteiger partial charge in [0.15, 0.2) is 0 Å². The predicted molar refractivity (Wildman–Crippen MR) is 108 cm³/mol. The summed E-state index contributed by atoms with van der Waals surface area (Å²) in [5.74, 6) is 0.638. The zero-order valence-electron chi connectivity index (χ0n) is 16.6. The average Bonchev–Trinajstić information content (AvgIpc) is 3.03. The minimum atomic E-state index is -0.124. The van der Waals surface area contributed by atoms with Crippen molar-refractivity contribution in [2.24, 2.45) is 13.0 Å². The molecule has 2 saturated heterocycles. The molecule has 1 aromatic heterocycles. The molecule has 152 valence electrons. The summed E-state index contributed by atoms with van der Waals surface area (Å²) in [6, 6.07) is 10.6. The van der Waals surface area contributed by atoms with Gasteiger partial charge in [-0.2, -0.15) is 5.10 Å². The van der Waals surface area contributed by atoms with Crippen LogP contribution in [0.3, 0.4) is 0 Å². The topological polar surface area (TPSA) is 79.3 Å². The Morgan fingerprint density at radius 3 is 2.76 bits per heavy atom. The number of amides is 2. The summed E-state index contributed by atoms with van der Waals surface area (Å²) in [6.07, 6.45) is 5.25. The molecule has 1 aromatic carbocycles. The average molecular weight is 393 g/mol. The second-order valence-corrected chi connectivity index (χ2v) is 8.59. The van der Waals surface area contributed by atoms with Crippen molar-refractivity contribution in [3.8, 4) is 0 Å². The number of benzene rings is 1. The van der Waals surface area contributed by atoms with Gasteiger partial charge in [-0.25, -0.2) is 0 Å². The highest BCUT2D eigenvalue weighted by molar-refractivity contribution is 5.84. The number of carbonyl (C=O) groups excluding carboxylic acids is 2. The highest BCUT2D eigenvalue weighted by atomic mass is 16.2. The van der Waals surface area contributed by atoms with Crippen LogP contribution in [0.25, 0.3) is 0 Å². The first-order valence-electron chi connectivity index (χ1n) is 10.4. The van der Waals surface area contributed by atoms with Crippen molar-refractivity contribution in [2.75, 3.05) is 19.6 Å². The summed E-state index contributed by atoms with van der Waals surface area (Å²) >= 11 is 0. The number of rotatable bonds is 5. The monoisotopic (exact) mass is 393 g/mol. The normalized spacial score (nSPS) is 31.3. The van der Waals surface area contributed by atoms with E-state index in [1.807, 2.05) is 42.5 Å². The number of aromatic nitrogens is 2. The van der Waals surface area contributed by atoms with Gasteiger partial charge in [-0.15, -0.1) is 0 Å². The van der Waals surface area contributed by atoms with E-state index in [1.54, 1.807) is 4.68 Å². The van der Waals surface area contributed by atoms with E-state index >= 15 is 0 Å². The summed E-state index contributed by atoms with van der Waals surface area (Å²) in [5, 5.41) is 10.7. The molecule has 0 bridgehead atoms. The minimum absolute atomic E-state index is 0.0407. The van der Waals surface area contributed by atoms with Gasteiger partial charge in [-0.05, 0) is 17.5 Å². The van der Waals surface area contributed by atoms with E-state index in [0.717, 1.165) is 18.5 Å². The zero-order chi connectivity index (χ0) is 20.0. The fourth-order valence-corrected chi connectivity index (χ4v) is 4.98. The Morgan fingerprint density at radius 1 is 1.17 bits per heavy atom. The molecule has 5 rings (SSSR count). The van der Waals surface area contributed by atoms with E-state index in [1.165, 1.54) is 5.56 Å². The van der Waals surface area contributed by atoms with Crippen molar-refractivity contribution in [1.29, 1.82) is 0 Å². The quantitative estimate of drug-likeness (QED) is 0.794. The summed E-state index contributed by atoms with van der Waals surface area (Å²) in [5.41, 5.74) is 2.39. The van der Waals surface area contributed by atoms with Crippen molar-refractivity contribution in [3.63, 3.8) is 0 Å². The lowest BCUT2D eigenvalue weighted by Crippen LogP contribution is -2.42. The van der Waals surface area contributed by atoms with Gasteiger partial charge in [0.05, 0.1) is 18.2 Å². The fourth-order valence-electron chi connectivity index (χ4n) is 4.98. The number of hydrogen-bond donors (Lipinski definition) is 2. The van der Waals surface area contributed by atoms with Crippen molar-refractivity contribution in [3.05, 3.63) is 53.9 Å². The minimum Gasteiger partial charge on any atom is -0.351 e. The third-order valence-electron chi connectivity index (χ3n) is 6.59. The third kappa shape index (κ3) is 3.55. The van der Waals surface area contributed by atoms with Gasteiger partial charge < -0.3 is 15.5 Å². The van der Waals surface area contributed by atoms with Crippen LogP contribution in [0.5, 0.6) is 0 Å². The number of carbonyl (C=O) groups is 2. The molecule has 7 heteroatoms. The lowest BCUT2D eigenvalue weighted by atomic mass is 9.90. The van der Waals surface area contributed by atoms with Crippen LogP contribution in [0.2, 0.25) is 0 Å². The second-order valence-electron chi connectivity index (χ2n) is 8.59. The number of nitrogens with one attached hydrogen (secondary N) is 2. The van der Waals surface area contributed by atoms with E-state index in [2.05, 4.69) is 27.9 Å². The van der Waals surface area contributed by atoms with Crippen molar-refractivity contribution in [2.45, 2.75) is 36.8 Å². The molecule has 1 aliphatic carbocycles. The van der Waals surface area contributed by atoms with Crippen LogP contribution in [-0.2, 0) is 16.6 Å². The van der Waals surface area contributed by atoms with Gasteiger partial charge in [0.2, 0.25) is 11.8 Å². The summed E-state index contributed by atoms with van der Waals surface area (Å²) in [7, 11) is 1.89. The molecule has 3 aliphatic rings. The number of likely N-dealkylation sites (tertiary alicyclic amines) is 1. The molecule has 2 aliphatic heterocycles. The van der Waals surface area contributed by atoms with Gasteiger partial charge >= 0.3 is 0 Å². The third-order valence-corrected chi connectivity index (χ3v) is 6.59. The highest BCUT2D eigenvalue weighted by Crippen LogP contribution is 2.46. The highest BCUT2D eigenvalue weighted by Gasteiger charge is 2.48. The zero-order valence-corrected chi connectivity index (χ0v) is 16.6. The molecule has 3 heterocycles. The molecular weight excluding hydrogens is 366 g/mol. The Balaban J connectivity index is 1.20. The van der Waals surface area contributed by atoms with Crippen LogP contribution in [0.15, 0.2) is 42.7 Å². The predicted octanol–water partition coefficient (Wildman–Crippen LogP) is 0.996. The molecule has 1 saturated carbocycles. The standard InChI is InChI=1S/C22H27N5O2/c1-26-12-15(9-24-26)18-10-23-11-19(18)22(29)25-16-7-21(28)27(13-16)20-8-17(20)14-5-3-2-4-6-14/h2-6,9,12,16-20,23H,7-8,10-11,13H2,1H3,(H,25,29)/t16?,17?,18-,19+,20?/m1/s1. The maximum atomic E-state index is 13.0. The molecule has 5 atom stereocenters. The maximum Gasteiger partial charge on any atom is 0.225 e. The Hall–Kier alpha value is -2.67. The van der Waals surface area contributed by atoms with E-state index in [0.29, 0.717) is 25.4 Å². The van der Waals surface area contributed by atoms with E-state index in [9.17, 15) is 9.59 Å². The van der Waals surface area contributed by atoms with Crippen molar-refractivity contribution in [1.82, 2.24) is 25.3 Å². The molecular formula is C22H27N5O2. The first kappa shape index (κ1) is 18.4. The van der Waals surface area contributed by atoms with Crippen molar-refractivity contribution < 1.29 is 9.59 Å². The number of hydrogen-bond acceptors (Lipinski definition) is 4. The summed E-state index contributed by atoms with van der Waals surface area (Å²) < 4.78 is 1.77. The maximum absolute atomic E-state index is 13.0. The van der Waals surface area contributed by atoms with Gasteiger partial charge in [0, 0.05) is 57.2 Å². The summed E-state index contributed by atoms with van der Waals surface area (Å²) in [6.45, 7) is 2.06. The lowest BCUT2D eigenvalue weighted by molar-refractivity contribution is -0.128. The Morgan fingerprint density at radius 2 is 2.00 bits per heavy atom. The van der Waals surface area contributed by atoms with E-state index in [4.69, 9.17) is 0 Å². The van der Waals surface area contributed by atoms with Crippen molar-refractivity contribution >= 4 is 11.8 Å². The molecule has 0 radical (unpaired) electrons. The first-order chi connectivity index (χ1) is 14.1. The van der Waals surface area contributed by atoms with Crippen LogP contribution >= 0.6 is 0 Å². The van der Waals surface area contributed by atoms with Gasteiger partial charge in [-0.3, -0.25) is 14.3 Å². The molecule has 2 amide bonds. The molecule has 3 unspecified atom stereocenters. The number of nitrogens with zero attached hydrogens (tertiary/aromatic N) is 3. The largest absolute Gasteiger partial charge is 0.351 e. The van der Waals surface area contributed by atoms with Crippen LogP contribution in [0.1, 0.15) is 35.8 Å². The molecule has 2 aromatic rings. The van der Waals surface area contributed by atoms with Gasteiger partial charge in [0.25, 0.3) is 0 Å². The van der Waals surface area contributed by atoms with Crippen LogP contribution in [0, 0.1) is 5.92 Å². The van der Waals surface area contributed by atoms with Crippen LogP contribution < -0.4 is 10.6 Å². The fraction of sp³-hybridized carbons (Fsp3) is 0.500. The SMILES string of the molecule is Cn1cc([C@H]2CNC[C@@H]2C(=O)NC2CC(=O)N(C3CC3c3ccccc3)C2)cn1. The van der Waals surface area contributed by atoms with E-state index < -0.39 is 0 Å². The smallest absolute Gasteiger partial charge is 0.225 e. The van der Waals surface area contributed by atoms with Gasteiger partial charge in [0.1, 0.15) is 0 Å². The summed E-state index contributed by atoms with van der Waals surface area (Å²) in [4.78, 5) is 27.5. The molecule has 3 fully saturated rings. The lowest BCUT2D eigenvalue weighted by Gasteiger charge is -2.21.